The van der Waals surface area contributed by atoms with Crippen molar-refractivity contribution in [2.45, 2.75) is 25.7 Å². The molecule has 0 aromatic heterocycles. The van der Waals surface area contributed by atoms with E-state index in [0.717, 1.165) is 30.5 Å². The number of thioether (sulfide) groups is 1. The van der Waals surface area contributed by atoms with Crippen molar-refractivity contribution < 1.29 is 14.3 Å². The largest absolute Gasteiger partial charge is 0.497 e. The number of nitrogens with zero attached hydrogens (tertiary/aromatic N) is 1. The Labute approximate surface area is 196 Å². The van der Waals surface area contributed by atoms with E-state index in [4.69, 9.17) is 28.6 Å². The molecule has 0 spiro atoms. The van der Waals surface area contributed by atoms with Gasteiger partial charge in [-0.2, -0.15) is 0 Å². The molecule has 0 atom stereocenters. The minimum Gasteiger partial charge on any atom is -0.497 e. The molecule has 2 aromatic carbocycles. The summed E-state index contributed by atoms with van der Waals surface area (Å²) in [6.45, 7) is 0.556. The average molecular weight is 475 g/mol. The predicted octanol–water partition coefficient (Wildman–Crippen LogP) is 5.75. The quantitative estimate of drug-likeness (QED) is 0.285. The number of nitrogens with one attached hydrogen (secondary N) is 1. The monoisotopic (exact) mass is 474 g/mol. The number of benzene rings is 2. The summed E-state index contributed by atoms with van der Waals surface area (Å²) in [6, 6.07) is 14.6. The van der Waals surface area contributed by atoms with Gasteiger partial charge in [0.05, 0.1) is 12.0 Å². The van der Waals surface area contributed by atoms with Gasteiger partial charge in [-0.25, -0.2) is 0 Å². The van der Waals surface area contributed by atoms with Crippen LogP contribution in [0, 0.1) is 0 Å². The van der Waals surface area contributed by atoms with Gasteiger partial charge in [-0.15, -0.1) is 0 Å². The first-order valence-electron chi connectivity index (χ1n) is 9.91. The lowest BCUT2D eigenvalue weighted by Crippen LogP contribution is -2.29. The number of amides is 2. The lowest BCUT2D eigenvalue weighted by atomic mass is 10.1. The Balaban J connectivity index is 1.41. The molecular formula is C23H23ClN2O3S2. The molecule has 5 nitrogen and oxygen atoms in total. The number of carbonyl (C=O) groups is 2. The second-order valence-corrected chi connectivity index (χ2v) is 9.09. The number of rotatable bonds is 9. The van der Waals surface area contributed by atoms with Gasteiger partial charge in [0.15, 0.2) is 0 Å². The number of thiocarbonyl (C=S) groups is 1. The summed E-state index contributed by atoms with van der Waals surface area (Å²) in [5.74, 6) is 0.594. The molecule has 1 N–H and O–H groups in total. The minimum absolute atomic E-state index is 0.0373. The fourth-order valence-electron chi connectivity index (χ4n) is 3.06. The molecule has 0 unspecified atom stereocenters. The summed E-state index contributed by atoms with van der Waals surface area (Å²) in [5, 5.41) is 3.53. The van der Waals surface area contributed by atoms with Gasteiger partial charge in [-0.3, -0.25) is 14.5 Å². The minimum atomic E-state index is -0.0688. The van der Waals surface area contributed by atoms with Crippen LogP contribution in [0.25, 0.3) is 6.08 Å². The maximum absolute atomic E-state index is 12.7. The number of unbranched alkanes of at least 4 members (excludes halogenated alkanes) is 2. The van der Waals surface area contributed by atoms with Gasteiger partial charge in [-0.05, 0) is 48.7 Å². The summed E-state index contributed by atoms with van der Waals surface area (Å²) < 4.78 is 5.73. The molecule has 31 heavy (non-hydrogen) atoms. The van der Waals surface area contributed by atoms with E-state index in [-0.39, 0.29) is 11.8 Å². The molecule has 162 valence electrons. The van der Waals surface area contributed by atoms with Crippen molar-refractivity contribution in [2.24, 2.45) is 0 Å². The van der Waals surface area contributed by atoms with Crippen molar-refractivity contribution >= 4 is 63.5 Å². The zero-order chi connectivity index (χ0) is 22.2. The lowest BCUT2D eigenvalue weighted by Gasteiger charge is -2.14. The topological polar surface area (TPSA) is 58.6 Å². The van der Waals surface area contributed by atoms with Gasteiger partial charge < -0.3 is 10.1 Å². The average Bonchev–Trinajstić information content (AvgIpc) is 3.02. The van der Waals surface area contributed by atoms with E-state index >= 15 is 0 Å². The Bertz CT molecular complexity index is 993. The molecule has 2 aromatic rings. The molecular weight excluding hydrogens is 452 g/mol. The van der Waals surface area contributed by atoms with Crippen molar-refractivity contribution in [3.05, 3.63) is 64.0 Å². The second kappa shape index (κ2) is 11.3. The van der Waals surface area contributed by atoms with Crippen LogP contribution in [-0.4, -0.2) is 34.7 Å². The molecule has 1 heterocycles. The van der Waals surface area contributed by atoms with Gasteiger partial charge >= 0.3 is 0 Å². The summed E-state index contributed by atoms with van der Waals surface area (Å²) in [5.41, 5.74) is 1.63. The van der Waals surface area contributed by atoms with E-state index in [9.17, 15) is 9.59 Å². The van der Waals surface area contributed by atoms with Gasteiger partial charge in [0.1, 0.15) is 10.1 Å². The van der Waals surface area contributed by atoms with Crippen LogP contribution in [0.1, 0.15) is 31.2 Å². The van der Waals surface area contributed by atoms with Gasteiger partial charge in [0.25, 0.3) is 5.91 Å². The maximum atomic E-state index is 12.7. The van der Waals surface area contributed by atoms with Crippen molar-refractivity contribution in [3.63, 3.8) is 0 Å². The number of carbonyl (C=O) groups excluding carboxylic acids is 2. The Kier molecular flexibility index (Phi) is 8.51. The number of halogens is 1. The first-order valence-corrected chi connectivity index (χ1v) is 11.5. The molecule has 1 fully saturated rings. The molecule has 2 amide bonds. The van der Waals surface area contributed by atoms with E-state index in [1.54, 1.807) is 30.2 Å². The fraction of sp³-hybridized carbons (Fsp3) is 0.261. The zero-order valence-corrected chi connectivity index (χ0v) is 19.5. The number of hydrogen-bond donors (Lipinski definition) is 1. The molecule has 1 saturated heterocycles. The predicted molar refractivity (Wildman–Crippen MR) is 131 cm³/mol. The summed E-state index contributed by atoms with van der Waals surface area (Å²) in [4.78, 5) is 27.0. The highest BCUT2D eigenvalue weighted by Crippen LogP contribution is 2.33. The highest BCUT2D eigenvalue weighted by Gasteiger charge is 2.31. The van der Waals surface area contributed by atoms with E-state index in [1.165, 1.54) is 11.8 Å². The van der Waals surface area contributed by atoms with Gasteiger partial charge in [-0.1, -0.05) is 60.2 Å². The summed E-state index contributed by atoms with van der Waals surface area (Å²) in [6.07, 6.45) is 4.61. The number of methoxy groups -OCH3 is 1. The fourth-order valence-corrected chi connectivity index (χ4v) is 4.49. The van der Waals surface area contributed by atoms with Crippen LogP contribution in [-0.2, 0) is 9.59 Å². The van der Waals surface area contributed by atoms with Crippen molar-refractivity contribution in [1.82, 2.24) is 4.90 Å². The summed E-state index contributed by atoms with van der Waals surface area (Å²) >= 11 is 12.6. The van der Waals surface area contributed by atoms with Crippen molar-refractivity contribution in [3.8, 4) is 5.75 Å². The Morgan fingerprint density at radius 1 is 1.19 bits per heavy atom. The Morgan fingerprint density at radius 3 is 2.71 bits per heavy atom. The van der Waals surface area contributed by atoms with Crippen LogP contribution in [0.2, 0.25) is 5.02 Å². The highest BCUT2D eigenvalue weighted by molar-refractivity contribution is 8.26. The van der Waals surface area contributed by atoms with Gasteiger partial charge in [0, 0.05) is 29.7 Å². The van der Waals surface area contributed by atoms with Crippen LogP contribution in [0.15, 0.2) is 53.4 Å². The smallest absolute Gasteiger partial charge is 0.266 e. The first kappa shape index (κ1) is 23.3. The van der Waals surface area contributed by atoms with E-state index in [2.05, 4.69) is 5.32 Å². The lowest BCUT2D eigenvalue weighted by molar-refractivity contribution is -0.122. The molecule has 1 aliphatic rings. The summed E-state index contributed by atoms with van der Waals surface area (Å²) in [7, 11) is 1.59. The Morgan fingerprint density at radius 2 is 1.97 bits per heavy atom. The van der Waals surface area contributed by atoms with E-state index in [1.807, 2.05) is 36.4 Å². The number of hydrogen-bond acceptors (Lipinski definition) is 5. The van der Waals surface area contributed by atoms with E-state index < -0.39 is 0 Å². The molecule has 1 aliphatic heterocycles. The van der Waals surface area contributed by atoms with Crippen LogP contribution >= 0.6 is 35.6 Å². The number of anilines is 1. The standard InChI is InChI=1S/C23H23ClN2O3S2/c1-29-19-7-5-6-18(15-19)25-21(27)8-3-2-4-13-26-22(28)20(31-23(26)30)14-16-9-11-17(24)12-10-16/h5-7,9-12,14-15H,2-4,8,13H2,1H3,(H,25,27). The first-order chi connectivity index (χ1) is 15.0. The molecule has 0 aliphatic carbocycles. The van der Waals surface area contributed by atoms with Crippen LogP contribution < -0.4 is 10.1 Å². The SMILES string of the molecule is COc1cccc(NC(=O)CCCCCN2C(=O)C(=Cc3ccc(Cl)cc3)SC2=S)c1. The molecule has 0 radical (unpaired) electrons. The van der Waals surface area contributed by atoms with Crippen LogP contribution in [0.3, 0.4) is 0 Å². The van der Waals surface area contributed by atoms with Crippen LogP contribution in [0.4, 0.5) is 5.69 Å². The third-order valence-electron chi connectivity index (χ3n) is 4.68. The van der Waals surface area contributed by atoms with Crippen LogP contribution in [0.5, 0.6) is 5.75 Å². The van der Waals surface area contributed by atoms with E-state index in [0.29, 0.717) is 33.0 Å². The molecule has 0 bridgehead atoms. The van der Waals surface area contributed by atoms with Crippen molar-refractivity contribution in [2.75, 3.05) is 19.0 Å². The molecule has 8 heteroatoms. The Hall–Kier alpha value is -2.35. The molecule has 3 rings (SSSR count). The molecule has 0 saturated carbocycles. The zero-order valence-electron chi connectivity index (χ0n) is 17.1. The highest BCUT2D eigenvalue weighted by atomic mass is 35.5. The second-order valence-electron chi connectivity index (χ2n) is 6.98. The number of ether oxygens (including phenoxy) is 1. The van der Waals surface area contributed by atoms with Crippen molar-refractivity contribution in [1.29, 1.82) is 0 Å². The van der Waals surface area contributed by atoms with Gasteiger partial charge in [0.2, 0.25) is 5.91 Å². The maximum Gasteiger partial charge on any atom is 0.266 e. The normalized spacial score (nSPS) is 14.9. The third-order valence-corrected chi connectivity index (χ3v) is 6.31. The third kappa shape index (κ3) is 6.82.